The van der Waals surface area contributed by atoms with Gasteiger partial charge in [-0.05, 0) is 32.1 Å². The van der Waals surface area contributed by atoms with Gasteiger partial charge in [0, 0.05) is 12.8 Å². The lowest BCUT2D eigenvalue weighted by Gasteiger charge is -2.05. The predicted molar refractivity (Wildman–Crippen MR) is 74.7 cm³/mol. The Morgan fingerprint density at radius 2 is 1.47 bits per heavy atom. The molecule has 110 valence electrons. The Kier molecular flexibility index (Phi) is 12.2. The SMILES string of the molecule is C=CCCCOC(=O)CCCCC(=O)OCCCC. The van der Waals surface area contributed by atoms with Crippen molar-refractivity contribution in [2.24, 2.45) is 0 Å². The molecule has 0 aromatic heterocycles. The van der Waals surface area contributed by atoms with Crippen molar-refractivity contribution in [3.8, 4) is 0 Å². The second-order valence-electron chi connectivity index (χ2n) is 4.43. The highest BCUT2D eigenvalue weighted by atomic mass is 16.5. The lowest BCUT2D eigenvalue weighted by atomic mass is 10.2. The molecule has 0 heterocycles. The molecule has 0 bridgehead atoms. The van der Waals surface area contributed by atoms with E-state index in [0.29, 0.717) is 38.9 Å². The Morgan fingerprint density at radius 3 is 1.95 bits per heavy atom. The highest BCUT2D eigenvalue weighted by molar-refractivity contribution is 5.70. The molecule has 4 nitrogen and oxygen atoms in total. The number of carbonyl (C=O) groups excluding carboxylic acids is 2. The second kappa shape index (κ2) is 13.1. The van der Waals surface area contributed by atoms with Crippen LogP contribution in [0.4, 0.5) is 0 Å². The molecule has 0 fully saturated rings. The van der Waals surface area contributed by atoms with Crippen molar-refractivity contribution in [1.82, 2.24) is 0 Å². The first-order valence-corrected chi connectivity index (χ1v) is 7.12. The number of carbonyl (C=O) groups is 2. The van der Waals surface area contributed by atoms with Gasteiger partial charge in [0.1, 0.15) is 0 Å². The van der Waals surface area contributed by atoms with Gasteiger partial charge in [0.05, 0.1) is 13.2 Å². The van der Waals surface area contributed by atoms with Crippen LogP contribution in [0.5, 0.6) is 0 Å². The van der Waals surface area contributed by atoms with E-state index in [-0.39, 0.29) is 11.9 Å². The topological polar surface area (TPSA) is 52.6 Å². The smallest absolute Gasteiger partial charge is 0.305 e. The van der Waals surface area contributed by atoms with Gasteiger partial charge in [-0.3, -0.25) is 9.59 Å². The molecule has 0 aliphatic rings. The lowest BCUT2D eigenvalue weighted by Crippen LogP contribution is -2.07. The zero-order chi connectivity index (χ0) is 14.3. The third kappa shape index (κ3) is 12.9. The van der Waals surface area contributed by atoms with Crippen LogP contribution in [-0.4, -0.2) is 25.2 Å². The fourth-order valence-corrected chi connectivity index (χ4v) is 1.43. The standard InChI is InChI=1S/C15H26O4/c1-3-5-9-13-19-15(17)11-8-7-10-14(16)18-12-6-4-2/h3H,1,4-13H2,2H3. The third-order valence-corrected chi connectivity index (χ3v) is 2.59. The molecular weight excluding hydrogens is 244 g/mol. The van der Waals surface area contributed by atoms with Crippen LogP contribution in [0.25, 0.3) is 0 Å². The first kappa shape index (κ1) is 17.7. The molecule has 0 spiro atoms. The number of rotatable bonds is 12. The number of unbranched alkanes of at least 4 members (excludes halogenated alkanes) is 3. The van der Waals surface area contributed by atoms with Crippen LogP contribution in [0.15, 0.2) is 12.7 Å². The van der Waals surface area contributed by atoms with E-state index >= 15 is 0 Å². The largest absolute Gasteiger partial charge is 0.466 e. The second-order valence-corrected chi connectivity index (χ2v) is 4.43. The minimum atomic E-state index is -0.191. The van der Waals surface area contributed by atoms with Gasteiger partial charge in [0.25, 0.3) is 0 Å². The van der Waals surface area contributed by atoms with Crippen LogP contribution in [0.2, 0.25) is 0 Å². The Bertz CT molecular complexity index is 261. The van der Waals surface area contributed by atoms with Crippen molar-refractivity contribution in [1.29, 1.82) is 0 Å². The molecule has 4 heteroatoms. The van der Waals surface area contributed by atoms with Gasteiger partial charge in [-0.25, -0.2) is 0 Å². The zero-order valence-corrected chi connectivity index (χ0v) is 12.0. The van der Waals surface area contributed by atoms with Gasteiger partial charge >= 0.3 is 11.9 Å². The molecule has 0 aliphatic heterocycles. The van der Waals surface area contributed by atoms with Crippen molar-refractivity contribution in [3.63, 3.8) is 0 Å². The molecule has 0 radical (unpaired) electrons. The molecule has 0 unspecified atom stereocenters. The first-order chi connectivity index (χ1) is 9.20. The summed E-state index contributed by atoms with van der Waals surface area (Å²) in [4.78, 5) is 22.6. The van der Waals surface area contributed by atoms with Crippen LogP contribution in [0.1, 0.15) is 58.3 Å². The Hall–Kier alpha value is -1.32. The molecule has 0 N–H and O–H groups in total. The van der Waals surface area contributed by atoms with Gasteiger partial charge in [-0.2, -0.15) is 0 Å². The molecular formula is C15H26O4. The van der Waals surface area contributed by atoms with Crippen molar-refractivity contribution in [2.75, 3.05) is 13.2 Å². The van der Waals surface area contributed by atoms with Gasteiger partial charge < -0.3 is 9.47 Å². The summed E-state index contributed by atoms with van der Waals surface area (Å²) in [6, 6.07) is 0. The zero-order valence-electron chi connectivity index (χ0n) is 12.0. The summed E-state index contributed by atoms with van der Waals surface area (Å²) in [7, 11) is 0. The number of ether oxygens (including phenoxy) is 2. The minimum Gasteiger partial charge on any atom is -0.466 e. The van der Waals surface area contributed by atoms with Gasteiger partial charge in [0.15, 0.2) is 0 Å². The predicted octanol–water partition coefficient (Wildman–Crippen LogP) is 3.40. The van der Waals surface area contributed by atoms with E-state index in [4.69, 9.17) is 9.47 Å². The van der Waals surface area contributed by atoms with E-state index < -0.39 is 0 Å². The number of hydrogen-bond acceptors (Lipinski definition) is 4. The first-order valence-electron chi connectivity index (χ1n) is 7.12. The maximum absolute atomic E-state index is 11.3. The number of esters is 2. The van der Waals surface area contributed by atoms with E-state index in [1.54, 1.807) is 6.08 Å². The summed E-state index contributed by atoms with van der Waals surface area (Å²) >= 11 is 0. The molecule has 0 amide bonds. The molecule has 0 saturated heterocycles. The highest BCUT2D eigenvalue weighted by Crippen LogP contribution is 2.04. The summed E-state index contributed by atoms with van der Waals surface area (Å²) in [5.74, 6) is -0.365. The van der Waals surface area contributed by atoms with Crippen LogP contribution in [-0.2, 0) is 19.1 Å². The molecule has 0 aromatic rings. The summed E-state index contributed by atoms with van der Waals surface area (Å²) in [5.41, 5.74) is 0. The van der Waals surface area contributed by atoms with E-state index in [2.05, 4.69) is 13.5 Å². The Morgan fingerprint density at radius 1 is 0.947 bits per heavy atom. The van der Waals surface area contributed by atoms with Gasteiger partial charge in [-0.15, -0.1) is 6.58 Å². The van der Waals surface area contributed by atoms with Crippen molar-refractivity contribution in [2.45, 2.75) is 58.3 Å². The molecule has 0 aliphatic carbocycles. The van der Waals surface area contributed by atoms with E-state index in [0.717, 1.165) is 25.7 Å². The van der Waals surface area contributed by atoms with E-state index in [9.17, 15) is 9.59 Å². The van der Waals surface area contributed by atoms with Crippen molar-refractivity contribution in [3.05, 3.63) is 12.7 Å². The summed E-state index contributed by atoms with van der Waals surface area (Å²) in [6.07, 6.45) is 7.50. The van der Waals surface area contributed by atoms with Crippen LogP contribution < -0.4 is 0 Å². The monoisotopic (exact) mass is 270 g/mol. The van der Waals surface area contributed by atoms with Crippen molar-refractivity contribution >= 4 is 11.9 Å². The summed E-state index contributed by atoms with van der Waals surface area (Å²) in [5, 5.41) is 0. The average Bonchev–Trinajstić information content (AvgIpc) is 2.40. The maximum Gasteiger partial charge on any atom is 0.305 e. The van der Waals surface area contributed by atoms with Crippen LogP contribution in [0.3, 0.4) is 0 Å². The maximum atomic E-state index is 11.3. The molecule has 0 atom stereocenters. The molecule has 0 rings (SSSR count). The van der Waals surface area contributed by atoms with E-state index in [1.807, 2.05) is 0 Å². The van der Waals surface area contributed by atoms with E-state index in [1.165, 1.54) is 0 Å². The summed E-state index contributed by atoms with van der Waals surface area (Å²) < 4.78 is 10.0. The highest BCUT2D eigenvalue weighted by Gasteiger charge is 2.05. The lowest BCUT2D eigenvalue weighted by molar-refractivity contribution is -0.146. The van der Waals surface area contributed by atoms with Crippen LogP contribution in [0, 0.1) is 0 Å². The van der Waals surface area contributed by atoms with Gasteiger partial charge in [-0.1, -0.05) is 19.4 Å². The summed E-state index contributed by atoms with van der Waals surface area (Å²) in [6.45, 7) is 6.60. The quantitative estimate of drug-likeness (QED) is 0.310. The normalized spacial score (nSPS) is 9.95. The Balaban J connectivity index is 3.34. The van der Waals surface area contributed by atoms with Crippen LogP contribution >= 0.6 is 0 Å². The minimum absolute atomic E-state index is 0.173. The average molecular weight is 270 g/mol. The molecule has 19 heavy (non-hydrogen) atoms. The van der Waals surface area contributed by atoms with Gasteiger partial charge in [0.2, 0.25) is 0 Å². The Labute approximate surface area is 116 Å². The fourth-order valence-electron chi connectivity index (χ4n) is 1.43. The molecule has 0 aromatic carbocycles. The number of hydrogen-bond donors (Lipinski definition) is 0. The number of allylic oxidation sites excluding steroid dienone is 1. The molecule has 0 saturated carbocycles. The van der Waals surface area contributed by atoms with Crippen molar-refractivity contribution < 1.29 is 19.1 Å². The fraction of sp³-hybridized carbons (Fsp3) is 0.733. The third-order valence-electron chi connectivity index (χ3n) is 2.59.